The highest BCUT2D eigenvalue weighted by Gasteiger charge is 2.35. The monoisotopic (exact) mass is 205 g/mol. The van der Waals surface area contributed by atoms with Crippen molar-refractivity contribution in [2.75, 3.05) is 0 Å². The van der Waals surface area contributed by atoms with Gasteiger partial charge in [0.15, 0.2) is 0 Å². The second-order valence-corrected chi connectivity index (χ2v) is 3.21. The first-order valence-corrected chi connectivity index (χ1v) is 3.88. The molecule has 0 amide bonds. The Kier molecular flexibility index (Phi) is 2.88. The van der Waals surface area contributed by atoms with E-state index in [-0.39, 0.29) is 24.4 Å². The molecule has 72 valence electrons. The fraction of sp³-hybridized carbons (Fsp3) is 0.333. The van der Waals surface area contributed by atoms with Crippen molar-refractivity contribution in [1.29, 1.82) is 0 Å². The van der Waals surface area contributed by atoms with E-state index >= 15 is 0 Å². The molecular formula is C9H10ClF2N. The van der Waals surface area contributed by atoms with Crippen LogP contribution in [-0.4, -0.2) is 6.04 Å². The van der Waals surface area contributed by atoms with Crippen molar-refractivity contribution in [3.8, 4) is 0 Å². The van der Waals surface area contributed by atoms with E-state index in [9.17, 15) is 8.78 Å². The van der Waals surface area contributed by atoms with Crippen molar-refractivity contribution >= 4 is 12.4 Å². The van der Waals surface area contributed by atoms with Gasteiger partial charge < -0.3 is 5.73 Å². The lowest BCUT2D eigenvalue weighted by Crippen LogP contribution is -2.01. The largest absolute Gasteiger partial charge is 0.327 e. The summed E-state index contributed by atoms with van der Waals surface area (Å²) in [5, 5.41) is 0. The Morgan fingerprint density at radius 2 is 1.62 bits per heavy atom. The highest BCUT2D eigenvalue weighted by Crippen LogP contribution is 2.39. The summed E-state index contributed by atoms with van der Waals surface area (Å²) in [5.74, 6) is -0.886. The summed E-state index contributed by atoms with van der Waals surface area (Å²) in [6.45, 7) is 0. The summed E-state index contributed by atoms with van der Waals surface area (Å²) in [7, 11) is 0. The average Bonchev–Trinajstić information content (AvgIpc) is 2.64. The summed E-state index contributed by atoms with van der Waals surface area (Å²) < 4.78 is 25.3. The zero-order valence-electron chi connectivity index (χ0n) is 6.84. The minimum absolute atomic E-state index is 0. The van der Waals surface area contributed by atoms with Crippen molar-refractivity contribution in [3.63, 3.8) is 0 Å². The first-order valence-electron chi connectivity index (χ1n) is 3.88. The van der Waals surface area contributed by atoms with Crippen molar-refractivity contribution in [2.24, 2.45) is 5.73 Å². The Bertz CT molecular complexity index is 296. The van der Waals surface area contributed by atoms with Crippen LogP contribution in [0.3, 0.4) is 0 Å². The van der Waals surface area contributed by atoms with Crippen molar-refractivity contribution < 1.29 is 8.78 Å². The molecule has 2 atom stereocenters. The molecule has 0 radical (unpaired) electrons. The van der Waals surface area contributed by atoms with Gasteiger partial charge in [0.2, 0.25) is 0 Å². The van der Waals surface area contributed by atoms with Gasteiger partial charge in [-0.15, -0.1) is 12.4 Å². The summed E-state index contributed by atoms with van der Waals surface area (Å²) >= 11 is 0. The molecule has 0 spiro atoms. The van der Waals surface area contributed by atoms with E-state index in [0.29, 0.717) is 5.56 Å². The average molecular weight is 206 g/mol. The van der Waals surface area contributed by atoms with Crippen LogP contribution in [0.1, 0.15) is 17.9 Å². The summed E-state index contributed by atoms with van der Waals surface area (Å²) in [4.78, 5) is 0. The molecule has 0 bridgehead atoms. The van der Waals surface area contributed by atoms with Crippen LogP contribution in [0.4, 0.5) is 8.78 Å². The van der Waals surface area contributed by atoms with Crippen LogP contribution in [0.25, 0.3) is 0 Å². The number of halogens is 3. The molecule has 2 rings (SSSR count). The molecule has 1 aliphatic carbocycles. The Morgan fingerprint density at radius 1 is 1.15 bits per heavy atom. The van der Waals surface area contributed by atoms with E-state index in [1.165, 1.54) is 12.1 Å². The van der Waals surface area contributed by atoms with Crippen LogP contribution in [0.5, 0.6) is 0 Å². The van der Waals surface area contributed by atoms with Gasteiger partial charge in [-0.05, 0) is 24.1 Å². The van der Waals surface area contributed by atoms with Crippen LogP contribution in [0.2, 0.25) is 0 Å². The lowest BCUT2D eigenvalue weighted by atomic mass is 10.1. The Hall–Kier alpha value is -0.670. The SMILES string of the molecule is Cl.NC1CC1c1cc(F)cc(F)c1. The summed E-state index contributed by atoms with van der Waals surface area (Å²) in [6, 6.07) is 3.66. The third-order valence-electron chi connectivity index (χ3n) is 2.15. The van der Waals surface area contributed by atoms with Gasteiger partial charge in [0.25, 0.3) is 0 Å². The molecule has 0 aromatic heterocycles. The predicted octanol–water partition coefficient (Wildman–Crippen LogP) is 2.20. The Labute approximate surface area is 81.3 Å². The maximum atomic E-state index is 12.7. The minimum Gasteiger partial charge on any atom is -0.327 e. The number of hydrogen-bond acceptors (Lipinski definition) is 1. The van der Waals surface area contributed by atoms with Gasteiger partial charge in [-0.1, -0.05) is 0 Å². The molecule has 13 heavy (non-hydrogen) atoms. The third kappa shape index (κ3) is 2.17. The van der Waals surface area contributed by atoms with Crippen LogP contribution in [-0.2, 0) is 0 Å². The molecule has 1 saturated carbocycles. The Morgan fingerprint density at radius 3 is 2.00 bits per heavy atom. The second-order valence-electron chi connectivity index (χ2n) is 3.21. The predicted molar refractivity (Wildman–Crippen MR) is 48.9 cm³/mol. The molecule has 2 unspecified atom stereocenters. The van der Waals surface area contributed by atoms with Gasteiger partial charge >= 0.3 is 0 Å². The maximum absolute atomic E-state index is 12.7. The van der Waals surface area contributed by atoms with Gasteiger partial charge in [-0.2, -0.15) is 0 Å². The lowest BCUT2D eigenvalue weighted by molar-refractivity contribution is 0.579. The first kappa shape index (κ1) is 10.4. The van der Waals surface area contributed by atoms with E-state index in [2.05, 4.69) is 0 Å². The van der Waals surface area contributed by atoms with Crippen LogP contribution in [0.15, 0.2) is 18.2 Å². The standard InChI is InChI=1S/C9H9F2N.ClH/c10-6-1-5(2-7(11)3-6)8-4-9(8)12;/h1-3,8-9H,4,12H2;1H. The number of benzene rings is 1. The second kappa shape index (κ2) is 3.60. The van der Waals surface area contributed by atoms with Gasteiger partial charge in [-0.3, -0.25) is 0 Å². The Balaban J connectivity index is 0.000000845. The van der Waals surface area contributed by atoms with Crippen molar-refractivity contribution in [1.82, 2.24) is 0 Å². The van der Waals surface area contributed by atoms with E-state index in [4.69, 9.17) is 5.73 Å². The summed E-state index contributed by atoms with van der Waals surface area (Å²) in [6.07, 6.45) is 0.836. The topological polar surface area (TPSA) is 26.0 Å². The number of rotatable bonds is 1. The molecule has 2 N–H and O–H groups in total. The van der Waals surface area contributed by atoms with Gasteiger partial charge in [0.05, 0.1) is 0 Å². The molecule has 0 aliphatic heterocycles. The molecule has 4 heteroatoms. The van der Waals surface area contributed by atoms with Gasteiger partial charge in [0, 0.05) is 18.0 Å². The molecular weight excluding hydrogens is 196 g/mol. The minimum atomic E-state index is -0.524. The molecule has 1 nitrogen and oxygen atoms in total. The third-order valence-corrected chi connectivity index (χ3v) is 2.15. The van der Waals surface area contributed by atoms with Crippen LogP contribution >= 0.6 is 12.4 Å². The van der Waals surface area contributed by atoms with E-state index < -0.39 is 11.6 Å². The molecule has 1 aliphatic rings. The maximum Gasteiger partial charge on any atom is 0.126 e. The number of hydrogen-bond donors (Lipinski definition) is 1. The van der Waals surface area contributed by atoms with Crippen molar-refractivity contribution in [3.05, 3.63) is 35.4 Å². The molecule has 1 fully saturated rings. The highest BCUT2D eigenvalue weighted by atomic mass is 35.5. The van der Waals surface area contributed by atoms with Crippen LogP contribution < -0.4 is 5.73 Å². The van der Waals surface area contributed by atoms with E-state index in [1.54, 1.807) is 0 Å². The molecule has 0 heterocycles. The quantitative estimate of drug-likeness (QED) is 0.748. The molecule has 0 saturated heterocycles. The van der Waals surface area contributed by atoms with E-state index in [0.717, 1.165) is 12.5 Å². The summed E-state index contributed by atoms with van der Waals surface area (Å²) in [5.41, 5.74) is 6.23. The van der Waals surface area contributed by atoms with Crippen LogP contribution in [0, 0.1) is 11.6 Å². The smallest absolute Gasteiger partial charge is 0.126 e. The first-order chi connectivity index (χ1) is 5.66. The molecule has 1 aromatic rings. The highest BCUT2D eigenvalue weighted by molar-refractivity contribution is 5.85. The van der Waals surface area contributed by atoms with E-state index in [1.807, 2.05) is 0 Å². The van der Waals surface area contributed by atoms with Crippen molar-refractivity contribution in [2.45, 2.75) is 18.4 Å². The van der Waals surface area contributed by atoms with Gasteiger partial charge in [0.1, 0.15) is 11.6 Å². The van der Waals surface area contributed by atoms with Gasteiger partial charge in [-0.25, -0.2) is 8.78 Å². The zero-order valence-corrected chi connectivity index (χ0v) is 7.65. The lowest BCUT2D eigenvalue weighted by Gasteiger charge is -1.98. The fourth-order valence-corrected chi connectivity index (χ4v) is 1.39. The number of nitrogens with two attached hydrogens (primary N) is 1. The molecule has 1 aromatic carbocycles. The normalized spacial score (nSPS) is 25.2. The fourth-order valence-electron chi connectivity index (χ4n) is 1.39. The zero-order chi connectivity index (χ0) is 8.72.